The lowest BCUT2D eigenvalue weighted by molar-refractivity contribution is 0.0891. The summed E-state index contributed by atoms with van der Waals surface area (Å²) < 4.78 is 10.0. The molecule has 18 heavy (non-hydrogen) atoms. The van der Waals surface area contributed by atoms with E-state index in [2.05, 4.69) is 5.32 Å². The summed E-state index contributed by atoms with van der Waals surface area (Å²) in [6, 6.07) is 4.46. The van der Waals surface area contributed by atoms with Crippen molar-refractivity contribution < 1.29 is 19.4 Å². The number of benzene rings is 1. The first-order chi connectivity index (χ1) is 8.62. The van der Waals surface area contributed by atoms with E-state index in [0.717, 1.165) is 6.42 Å². The fourth-order valence-corrected chi connectivity index (χ4v) is 1.55. The van der Waals surface area contributed by atoms with Crippen molar-refractivity contribution in [3.8, 4) is 11.5 Å². The molecule has 5 heteroatoms. The Morgan fingerprint density at radius 2 is 2.17 bits per heavy atom. The normalized spacial score (nSPS) is 11.9. The Morgan fingerprint density at radius 3 is 2.72 bits per heavy atom. The van der Waals surface area contributed by atoms with E-state index >= 15 is 0 Å². The Balaban J connectivity index is 2.82. The molecule has 1 aromatic carbocycles. The van der Waals surface area contributed by atoms with Crippen LogP contribution in [0.15, 0.2) is 18.2 Å². The predicted molar refractivity (Wildman–Crippen MR) is 68.1 cm³/mol. The van der Waals surface area contributed by atoms with Crippen molar-refractivity contribution in [2.45, 2.75) is 19.4 Å². The SMILES string of the molecule is CCC(COC)NC(=O)c1cc(OC)ccc1O. The molecule has 0 spiro atoms. The molecule has 2 N–H and O–H groups in total. The quantitative estimate of drug-likeness (QED) is 0.807. The van der Waals surface area contributed by atoms with E-state index in [1.807, 2.05) is 6.92 Å². The summed E-state index contributed by atoms with van der Waals surface area (Å²) in [7, 11) is 3.09. The number of carbonyl (C=O) groups excluding carboxylic acids is 1. The summed E-state index contributed by atoms with van der Waals surface area (Å²) in [6.45, 7) is 2.39. The number of carbonyl (C=O) groups is 1. The van der Waals surface area contributed by atoms with Crippen molar-refractivity contribution in [2.24, 2.45) is 0 Å². The highest BCUT2D eigenvalue weighted by Crippen LogP contribution is 2.22. The van der Waals surface area contributed by atoms with E-state index in [1.54, 1.807) is 13.2 Å². The van der Waals surface area contributed by atoms with Crippen molar-refractivity contribution in [3.05, 3.63) is 23.8 Å². The molecule has 0 aliphatic carbocycles. The number of nitrogens with one attached hydrogen (secondary N) is 1. The second-order valence-corrected chi connectivity index (χ2v) is 3.92. The highest BCUT2D eigenvalue weighted by atomic mass is 16.5. The topological polar surface area (TPSA) is 67.8 Å². The van der Waals surface area contributed by atoms with Gasteiger partial charge in [-0.1, -0.05) is 6.92 Å². The number of phenols is 1. The molecule has 5 nitrogen and oxygen atoms in total. The molecule has 0 aliphatic rings. The van der Waals surface area contributed by atoms with Crippen LogP contribution in [0.3, 0.4) is 0 Å². The van der Waals surface area contributed by atoms with Crippen molar-refractivity contribution in [3.63, 3.8) is 0 Å². The molecule has 0 saturated heterocycles. The maximum absolute atomic E-state index is 12.0. The first-order valence-electron chi connectivity index (χ1n) is 5.79. The fourth-order valence-electron chi connectivity index (χ4n) is 1.55. The van der Waals surface area contributed by atoms with E-state index in [-0.39, 0.29) is 23.3 Å². The van der Waals surface area contributed by atoms with Crippen LogP contribution in [0.5, 0.6) is 11.5 Å². The zero-order valence-electron chi connectivity index (χ0n) is 10.9. The second kappa shape index (κ2) is 6.86. The third-order valence-electron chi connectivity index (χ3n) is 2.64. The van der Waals surface area contributed by atoms with Crippen LogP contribution in [0.1, 0.15) is 23.7 Å². The average Bonchev–Trinajstić information content (AvgIpc) is 2.38. The van der Waals surface area contributed by atoms with Gasteiger partial charge in [0.05, 0.1) is 25.3 Å². The third kappa shape index (κ3) is 3.63. The van der Waals surface area contributed by atoms with E-state index in [4.69, 9.17) is 9.47 Å². The molecule has 1 amide bonds. The number of phenolic OH excluding ortho intramolecular Hbond substituents is 1. The molecular weight excluding hydrogens is 234 g/mol. The standard InChI is InChI=1S/C13H19NO4/c1-4-9(8-17-2)14-13(16)11-7-10(18-3)5-6-12(11)15/h5-7,9,15H,4,8H2,1-3H3,(H,14,16). The number of hydrogen-bond donors (Lipinski definition) is 2. The zero-order chi connectivity index (χ0) is 13.5. The maximum atomic E-state index is 12.0. The molecule has 0 bridgehead atoms. The minimum absolute atomic E-state index is 0.0689. The van der Waals surface area contributed by atoms with Gasteiger partial charge in [0.1, 0.15) is 11.5 Å². The highest BCUT2D eigenvalue weighted by Gasteiger charge is 2.16. The lowest BCUT2D eigenvalue weighted by Crippen LogP contribution is -2.37. The van der Waals surface area contributed by atoms with E-state index in [9.17, 15) is 9.90 Å². The van der Waals surface area contributed by atoms with Crippen LogP contribution in [0.25, 0.3) is 0 Å². The monoisotopic (exact) mass is 253 g/mol. The maximum Gasteiger partial charge on any atom is 0.255 e. The van der Waals surface area contributed by atoms with E-state index in [0.29, 0.717) is 12.4 Å². The van der Waals surface area contributed by atoms with Crippen LogP contribution in [0, 0.1) is 0 Å². The van der Waals surface area contributed by atoms with E-state index in [1.165, 1.54) is 19.2 Å². The summed E-state index contributed by atoms with van der Waals surface area (Å²) in [4.78, 5) is 12.0. The Kier molecular flexibility index (Phi) is 5.45. The predicted octanol–water partition coefficient (Wildman–Crippen LogP) is 1.56. The lowest BCUT2D eigenvalue weighted by atomic mass is 10.1. The molecule has 100 valence electrons. The van der Waals surface area contributed by atoms with Crippen LogP contribution in [-0.2, 0) is 4.74 Å². The second-order valence-electron chi connectivity index (χ2n) is 3.92. The van der Waals surface area contributed by atoms with Gasteiger partial charge in [0.15, 0.2) is 0 Å². The van der Waals surface area contributed by atoms with Crippen molar-refractivity contribution >= 4 is 5.91 Å². The van der Waals surface area contributed by atoms with Crippen molar-refractivity contribution in [1.29, 1.82) is 0 Å². The molecule has 0 radical (unpaired) electrons. The third-order valence-corrected chi connectivity index (χ3v) is 2.64. The molecule has 1 unspecified atom stereocenters. The zero-order valence-corrected chi connectivity index (χ0v) is 10.9. The lowest BCUT2D eigenvalue weighted by Gasteiger charge is -2.16. The van der Waals surface area contributed by atoms with Crippen LogP contribution >= 0.6 is 0 Å². The first kappa shape index (κ1) is 14.3. The molecule has 0 fully saturated rings. The van der Waals surface area contributed by atoms with Gasteiger partial charge in [0.2, 0.25) is 0 Å². The molecule has 1 aromatic rings. The summed E-state index contributed by atoms with van der Waals surface area (Å²) in [5.41, 5.74) is 0.198. The number of hydrogen-bond acceptors (Lipinski definition) is 4. The summed E-state index contributed by atoms with van der Waals surface area (Å²) in [5.74, 6) is 0.119. The van der Waals surface area contributed by atoms with Crippen LogP contribution in [-0.4, -0.2) is 37.9 Å². The first-order valence-corrected chi connectivity index (χ1v) is 5.79. The van der Waals surface area contributed by atoms with Crippen LogP contribution in [0.4, 0.5) is 0 Å². The van der Waals surface area contributed by atoms with Gasteiger partial charge in [-0.05, 0) is 24.6 Å². The van der Waals surface area contributed by atoms with Gasteiger partial charge in [-0.2, -0.15) is 0 Å². The van der Waals surface area contributed by atoms with Crippen molar-refractivity contribution in [2.75, 3.05) is 20.8 Å². The van der Waals surface area contributed by atoms with Gasteiger partial charge < -0.3 is 19.9 Å². The smallest absolute Gasteiger partial charge is 0.255 e. The Hall–Kier alpha value is -1.75. The number of aromatic hydroxyl groups is 1. The van der Waals surface area contributed by atoms with Crippen LogP contribution < -0.4 is 10.1 Å². The van der Waals surface area contributed by atoms with Gasteiger partial charge in [0, 0.05) is 7.11 Å². The largest absolute Gasteiger partial charge is 0.507 e. The van der Waals surface area contributed by atoms with Gasteiger partial charge in [-0.25, -0.2) is 0 Å². The number of rotatable bonds is 6. The van der Waals surface area contributed by atoms with Gasteiger partial charge in [-0.15, -0.1) is 0 Å². The average molecular weight is 253 g/mol. The minimum atomic E-state index is -0.338. The van der Waals surface area contributed by atoms with Gasteiger partial charge >= 0.3 is 0 Å². The molecule has 0 aromatic heterocycles. The molecule has 1 atom stereocenters. The van der Waals surface area contributed by atoms with Gasteiger partial charge in [0.25, 0.3) is 5.91 Å². The molecule has 1 rings (SSSR count). The Bertz CT molecular complexity index is 406. The fraction of sp³-hybridized carbons (Fsp3) is 0.462. The highest BCUT2D eigenvalue weighted by molar-refractivity contribution is 5.97. The summed E-state index contributed by atoms with van der Waals surface area (Å²) in [5, 5.41) is 12.5. The number of ether oxygens (including phenoxy) is 2. The minimum Gasteiger partial charge on any atom is -0.507 e. The van der Waals surface area contributed by atoms with Crippen LogP contribution in [0.2, 0.25) is 0 Å². The molecule has 0 aliphatic heterocycles. The number of methoxy groups -OCH3 is 2. The van der Waals surface area contributed by atoms with E-state index < -0.39 is 0 Å². The molecular formula is C13H19NO4. The summed E-state index contributed by atoms with van der Waals surface area (Å²) >= 11 is 0. The summed E-state index contributed by atoms with van der Waals surface area (Å²) in [6.07, 6.45) is 0.754. The van der Waals surface area contributed by atoms with Crippen molar-refractivity contribution in [1.82, 2.24) is 5.32 Å². The number of amides is 1. The Morgan fingerprint density at radius 1 is 1.44 bits per heavy atom. The molecule has 0 heterocycles. The van der Waals surface area contributed by atoms with Gasteiger partial charge in [-0.3, -0.25) is 4.79 Å². The molecule has 0 saturated carbocycles. The Labute approximate surface area is 107 Å².